The van der Waals surface area contributed by atoms with E-state index < -0.39 is 0 Å². The van der Waals surface area contributed by atoms with Crippen LogP contribution in [-0.4, -0.2) is 8.75 Å². The molecular weight excluding hydrogens is 372 g/mol. The molecule has 4 rings (SSSR count). The SMILES string of the molecule is CCCCc1ccc(-c2ccc(-c3ccc(CCCC)cc3)c3nsnc23)cc1. The van der Waals surface area contributed by atoms with Gasteiger partial charge < -0.3 is 0 Å². The summed E-state index contributed by atoms with van der Waals surface area (Å²) in [5.74, 6) is 0. The van der Waals surface area contributed by atoms with Crippen LogP contribution in [0.25, 0.3) is 33.3 Å². The van der Waals surface area contributed by atoms with Gasteiger partial charge in [-0.1, -0.05) is 87.4 Å². The van der Waals surface area contributed by atoms with E-state index in [1.807, 2.05) is 0 Å². The number of aryl methyl sites for hydroxylation is 2. The molecule has 0 atom stereocenters. The summed E-state index contributed by atoms with van der Waals surface area (Å²) in [4.78, 5) is 0. The summed E-state index contributed by atoms with van der Waals surface area (Å²) < 4.78 is 9.28. The molecule has 3 aromatic carbocycles. The Morgan fingerprint density at radius 1 is 0.586 bits per heavy atom. The van der Waals surface area contributed by atoms with Crippen molar-refractivity contribution < 1.29 is 0 Å². The number of unbranched alkanes of at least 4 members (excludes halogenated alkanes) is 2. The van der Waals surface area contributed by atoms with Crippen molar-refractivity contribution in [3.63, 3.8) is 0 Å². The average Bonchev–Trinajstić information content (AvgIpc) is 3.26. The van der Waals surface area contributed by atoms with Crippen LogP contribution in [0.15, 0.2) is 60.7 Å². The first-order chi connectivity index (χ1) is 14.3. The maximum absolute atomic E-state index is 4.64. The number of rotatable bonds is 8. The average molecular weight is 401 g/mol. The van der Waals surface area contributed by atoms with E-state index in [2.05, 4.69) is 83.3 Å². The van der Waals surface area contributed by atoms with Crippen LogP contribution in [0.4, 0.5) is 0 Å². The van der Waals surface area contributed by atoms with Crippen molar-refractivity contribution in [3.8, 4) is 22.3 Å². The van der Waals surface area contributed by atoms with Crippen LogP contribution >= 0.6 is 11.7 Å². The van der Waals surface area contributed by atoms with Crippen LogP contribution in [0.2, 0.25) is 0 Å². The molecule has 0 saturated heterocycles. The van der Waals surface area contributed by atoms with Gasteiger partial charge >= 0.3 is 0 Å². The van der Waals surface area contributed by atoms with Gasteiger partial charge in [-0.15, -0.1) is 0 Å². The molecule has 1 aromatic heterocycles. The van der Waals surface area contributed by atoms with Crippen LogP contribution in [0, 0.1) is 0 Å². The van der Waals surface area contributed by atoms with Crippen molar-refractivity contribution in [3.05, 3.63) is 71.8 Å². The van der Waals surface area contributed by atoms with Crippen LogP contribution in [0.3, 0.4) is 0 Å². The summed E-state index contributed by atoms with van der Waals surface area (Å²) in [5.41, 5.74) is 9.57. The molecule has 0 aliphatic heterocycles. The molecule has 148 valence electrons. The topological polar surface area (TPSA) is 25.8 Å². The lowest BCUT2D eigenvalue weighted by molar-refractivity contribution is 0.795. The molecule has 0 amide bonds. The van der Waals surface area contributed by atoms with Crippen molar-refractivity contribution in [2.75, 3.05) is 0 Å². The van der Waals surface area contributed by atoms with Gasteiger partial charge in [-0.3, -0.25) is 0 Å². The summed E-state index contributed by atoms with van der Waals surface area (Å²) in [6.45, 7) is 4.47. The van der Waals surface area contributed by atoms with Crippen molar-refractivity contribution >= 4 is 22.8 Å². The number of aromatic nitrogens is 2. The maximum atomic E-state index is 4.64. The predicted octanol–water partition coefficient (Wildman–Crippen LogP) is 7.71. The normalized spacial score (nSPS) is 11.2. The third-order valence-electron chi connectivity index (χ3n) is 5.58. The molecule has 0 aliphatic carbocycles. The van der Waals surface area contributed by atoms with Gasteiger partial charge in [0.15, 0.2) is 0 Å². The lowest BCUT2D eigenvalue weighted by Crippen LogP contribution is -1.89. The summed E-state index contributed by atoms with van der Waals surface area (Å²) in [6.07, 6.45) is 7.24. The molecule has 2 nitrogen and oxygen atoms in total. The smallest absolute Gasteiger partial charge is 0.113 e. The second-order valence-corrected chi connectivity index (χ2v) is 8.25. The zero-order valence-corrected chi connectivity index (χ0v) is 18.1. The quantitative estimate of drug-likeness (QED) is 0.303. The monoisotopic (exact) mass is 400 g/mol. The number of nitrogens with zero attached hydrogens (tertiary/aromatic N) is 2. The van der Waals surface area contributed by atoms with Crippen molar-refractivity contribution in [2.45, 2.75) is 52.4 Å². The van der Waals surface area contributed by atoms with E-state index in [4.69, 9.17) is 0 Å². The minimum absolute atomic E-state index is 1.00. The maximum Gasteiger partial charge on any atom is 0.113 e. The van der Waals surface area contributed by atoms with Crippen LogP contribution < -0.4 is 0 Å². The predicted molar refractivity (Wildman–Crippen MR) is 126 cm³/mol. The van der Waals surface area contributed by atoms with E-state index in [0.717, 1.165) is 23.9 Å². The van der Waals surface area contributed by atoms with E-state index in [1.165, 1.54) is 70.8 Å². The Morgan fingerprint density at radius 3 is 1.38 bits per heavy atom. The van der Waals surface area contributed by atoms with E-state index >= 15 is 0 Å². The molecule has 4 aromatic rings. The summed E-state index contributed by atoms with van der Waals surface area (Å²) in [6, 6.07) is 22.3. The van der Waals surface area contributed by atoms with Crippen LogP contribution in [0.5, 0.6) is 0 Å². The Bertz CT molecular complexity index is 977. The van der Waals surface area contributed by atoms with E-state index in [9.17, 15) is 0 Å². The van der Waals surface area contributed by atoms with Gasteiger partial charge in [0.25, 0.3) is 0 Å². The first kappa shape index (κ1) is 19.8. The van der Waals surface area contributed by atoms with Gasteiger partial charge in [-0.25, -0.2) is 0 Å². The summed E-state index contributed by atoms with van der Waals surface area (Å²) in [7, 11) is 0. The molecule has 3 heteroatoms. The molecule has 0 fully saturated rings. The molecule has 0 radical (unpaired) electrons. The highest BCUT2D eigenvalue weighted by Crippen LogP contribution is 2.34. The van der Waals surface area contributed by atoms with Gasteiger partial charge in [0, 0.05) is 11.1 Å². The lowest BCUT2D eigenvalue weighted by atomic mass is 9.96. The number of benzene rings is 3. The zero-order valence-electron chi connectivity index (χ0n) is 17.3. The Hall–Kier alpha value is -2.52. The first-order valence-electron chi connectivity index (χ1n) is 10.7. The fourth-order valence-corrected chi connectivity index (χ4v) is 4.37. The van der Waals surface area contributed by atoms with Gasteiger partial charge in [-0.2, -0.15) is 8.75 Å². The van der Waals surface area contributed by atoms with E-state index in [-0.39, 0.29) is 0 Å². The molecule has 29 heavy (non-hydrogen) atoms. The zero-order chi connectivity index (χ0) is 20.1. The molecule has 0 saturated carbocycles. The second-order valence-electron chi connectivity index (χ2n) is 7.72. The fourth-order valence-electron chi connectivity index (χ4n) is 3.80. The Labute approximate surface area is 178 Å². The minimum Gasteiger partial charge on any atom is -0.172 e. The Kier molecular flexibility index (Phi) is 6.36. The lowest BCUT2D eigenvalue weighted by Gasteiger charge is -2.09. The van der Waals surface area contributed by atoms with Crippen molar-refractivity contribution in [1.29, 1.82) is 0 Å². The standard InChI is InChI=1S/C26H28N2S/c1-3-5-7-19-9-13-21(14-10-19)23-17-18-24(26-25(23)27-29-28-26)22-15-11-20(12-16-22)8-6-4-2/h9-18H,3-8H2,1-2H3. The Morgan fingerprint density at radius 2 is 1.00 bits per heavy atom. The fraction of sp³-hybridized carbons (Fsp3) is 0.308. The van der Waals surface area contributed by atoms with Crippen LogP contribution in [-0.2, 0) is 12.8 Å². The van der Waals surface area contributed by atoms with Crippen molar-refractivity contribution in [2.24, 2.45) is 0 Å². The molecule has 1 heterocycles. The highest BCUT2D eigenvalue weighted by atomic mass is 32.1. The molecule has 0 N–H and O–H groups in total. The second kappa shape index (κ2) is 9.32. The molecular formula is C26H28N2S. The van der Waals surface area contributed by atoms with Gasteiger partial charge in [0.05, 0.1) is 11.7 Å². The summed E-state index contributed by atoms with van der Waals surface area (Å²) in [5, 5.41) is 0. The van der Waals surface area contributed by atoms with Gasteiger partial charge in [-0.05, 0) is 47.9 Å². The summed E-state index contributed by atoms with van der Waals surface area (Å²) >= 11 is 1.30. The van der Waals surface area contributed by atoms with E-state index in [1.54, 1.807) is 0 Å². The minimum atomic E-state index is 1.00. The number of hydrogen-bond donors (Lipinski definition) is 0. The van der Waals surface area contributed by atoms with E-state index in [0.29, 0.717) is 0 Å². The van der Waals surface area contributed by atoms with Crippen molar-refractivity contribution in [1.82, 2.24) is 8.75 Å². The highest BCUT2D eigenvalue weighted by Gasteiger charge is 2.13. The Balaban J connectivity index is 1.65. The third kappa shape index (κ3) is 4.40. The largest absolute Gasteiger partial charge is 0.172 e. The number of hydrogen-bond acceptors (Lipinski definition) is 3. The number of fused-ring (bicyclic) bond motifs is 1. The van der Waals surface area contributed by atoms with Gasteiger partial charge in [0.2, 0.25) is 0 Å². The molecule has 0 bridgehead atoms. The molecule has 0 unspecified atom stereocenters. The highest BCUT2D eigenvalue weighted by molar-refractivity contribution is 7.00. The third-order valence-corrected chi connectivity index (χ3v) is 6.11. The van der Waals surface area contributed by atoms with Crippen LogP contribution in [0.1, 0.15) is 50.7 Å². The molecule has 0 aliphatic rings. The first-order valence-corrected chi connectivity index (χ1v) is 11.5. The molecule has 0 spiro atoms. The van der Waals surface area contributed by atoms with Gasteiger partial charge in [0.1, 0.15) is 11.0 Å².